The monoisotopic (exact) mass is 228 g/mol. The van der Waals surface area contributed by atoms with Gasteiger partial charge in [-0.15, -0.1) is 0 Å². The molecule has 0 aliphatic rings. The van der Waals surface area contributed by atoms with E-state index < -0.39 is 0 Å². The Kier molecular flexibility index (Phi) is 4.10. The topological polar surface area (TPSA) is 24.9 Å². The van der Waals surface area contributed by atoms with E-state index in [0.29, 0.717) is 6.04 Å². The van der Waals surface area contributed by atoms with Crippen molar-refractivity contribution in [2.24, 2.45) is 0 Å². The van der Waals surface area contributed by atoms with Crippen molar-refractivity contribution in [2.45, 2.75) is 32.7 Å². The Labute approximate surface area is 103 Å². The van der Waals surface area contributed by atoms with Crippen LogP contribution in [-0.2, 0) is 6.42 Å². The lowest BCUT2D eigenvalue weighted by Gasteiger charge is -2.11. The molecule has 0 aliphatic carbocycles. The van der Waals surface area contributed by atoms with Crippen LogP contribution < -0.4 is 5.32 Å². The molecular weight excluding hydrogens is 208 g/mol. The normalized spacial score (nSPS) is 12.8. The van der Waals surface area contributed by atoms with Crippen molar-refractivity contribution >= 4 is 10.9 Å². The first kappa shape index (κ1) is 12.1. The summed E-state index contributed by atoms with van der Waals surface area (Å²) in [7, 11) is 0. The van der Waals surface area contributed by atoms with Crippen molar-refractivity contribution in [1.29, 1.82) is 0 Å². The highest BCUT2D eigenvalue weighted by Crippen LogP contribution is 2.14. The number of nitrogens with zero attached hydrogens (tertiary/aromatic N) is 1. The number of hydrogen-bond donors (Lipinski definition) is 1. The minimum atomic E-state index is 0.583. The SMILES string of the molecule is CCNC(C)CCc1ccc2cccnc2c1. The largest absolute Gasteiger partial charge is 0.315 e. The third-order valence-electron chi connectivity index (χ3n) is 3.09. The molecule has 90 valence electrons. The Morgan fingerprint density at radius 1 is 1.29 bits per heavy atom. The van der Waals surface area contributed by atoms with Crippen LogP contribution in [0.1, 0.15) is 25.8 Å². The molecule has 2 aromatic rings. The Hall–Kier alpha value is -1.41. The first-order valence-corrected chi connectivity index (χ1v) is 6.36. The van der Waals surface area contributed by atoms with E-state index in [9.17, 15) is 0 Å². The summed E-state index contributed by atoms with van der Waals surface area (Å²) >= 11 is 0. The van der Waals surface area contributed by atoms with E-state index in [1.807, 2.05) is 12.3 Å². The van der Waals surface area contributed by atoms with Crippen LogP contribution in [0.2, 0.25) is 0 Å². The standard InChI is InChI=1S/C15H20N2/c1-3-16-12(2)6-7-13-8-9-14-5-4-10-17-15(14)11-13/h4-5,8-12,16H,3,6-7H2,1-2H3. The average Bonchev–Trinajstić information content (AvgIpc) is 2.36. The quantitative estimate of drug-likeness (QED) is 0.850. The number of benzene rings is 1. The maximum absolute atomic E-state index is 4.39. The van der Waals surface area contributed by atoms with Crippen LogP contribution in [0.3, 0.4) is 0 Å². The van der Waals surface area contributed by atoms with Gasteiger partial charge in [0, 0.05) is 17.6 Å². The van der Waals surface area contributed by atoms with Gasteiger partial charge in [0.2, 0.25) is 0 Å². The van der Waals surface area contributed by atoms with Gasteiger partial charge in [-0.05, 0) is 44.0 Å². The number of aryl methyl sites for hydroxylation is 1. The maximum atomic E-state index is 4.39. The molecule has 17 heavy (non-hydrogen) atoms. The Morgan fingerprint density at radius 2 is 2.18 bits per heavy atom. The van der Waals surface area contributed by atoms with E-state index in [0.717, 1.165) is 18.5 Å². The molecule has 0 aliphatic heterocycles. The summed E-state index contributed by atoms with van der Waals surface area (Å²) in [4.78, 5) is 4.39. The zero-order chi connectivity index (χ0) is 12.1. The first-order chi connectivity index (χ1) is 8.29. The Bertz CT molecular complexity index is 479. The number of nitrogens with one attached hydrogen (secondary N) is 1. The van der Waals surface area contributed by atoms with Crippen LogP contribution in [0.5, 0.6) is 0 Å². The molecular formula is C15H20N2. The predicted octanol–water partition coefficient (Wildman–Crippen LogP) is 3.17. The third kappa shape index (κ3) is 3.27. The molecule has 2 heteroatoms. The van der Waals surface area contributed by atoms with Gasteiger partial charge in [-0.3, -0.25) is 4.98 Å². The molecule has 0 amide bonds. The Morgan fingerprint density at radius 3 is 3.00 bits per heavy atom. The first-order valence-electron chi connectivity index (χ1n) is 6.36. The molecule has 1 unspecified atom stereocenters. The molecule has 0 spiro atoms. The molecule has 0 fully saturated rings. The van der Waals surface area contributed by atoms with Gasteiger partial charge in [0.05, 0.1) is 5.52 Å². The van der Waals surface area contributed by atoms with Gasteiger partial charge in [-0.2, -0.15) is 0 Å². The smallest absolute Gasteiger partial charge is 0.0704 e. The van der Waals surface area contributed by atoms with Crippen LogP contribution in [0, 0.1) is 0 Å². The van der Waals surface area contributed by atoms with Crippen LogP contribution in [0.15, 0.2) is 36.5 Å². The summed E-state index contributed by atoms with van der Waals surface area (Å²) in [5.74, 6) is 0. The van der Waals surface area contributed by atoms with E-state index in [-0.39, 0.29) is 0 Å². The van der Waals surface area contributed by atoms with Crippen LogP contribution in [-0.4, -0.2) is 17.6 Å². The van der Waals surface area contributed by atoms with Crippen molar-refractivity contribution in [2.75, 3.05) is 6.54 Å². The molecule has 1 atom stereocenters. The second-order valence-corrected chi connectivity index (χ2v) is 4.53. The lowest BCUT2D eigenvalue weighted by atomic mass is 10.0. The predicted molar refractivity (Wildman–Crippen MR) is 73.2 cm³/mol. The van der Waals surface area contributed by atoms with Crippen molar-refractivity contribution < 1.29 is 0 Å². The minimum Gasteiger partial charge on any atom is -0.315 e. The average molecular weight is 228 g/mol. The molecule has 2 nitrogen and oxygen atoms in total. The minimum absolute atomic E-state index is 0.583. The van der Waals surface area contributed by atoms with E-state index in [1.54, 1.807) is 0 Å². The molecule has 1 N–H and O–H groups in total. The van der Waals surface area contributed by atoms with Crippen LogP contribution in [0.25, 0.3) is 10.9 Å². The summed E-state index contributed by atoms with van der Waals surface area (Å²) in [6.07, 6.45) is 4.14. The molecule has 1 aromatic heterocycles. The molecule has 0 bridgehead atoms. The summed E-state index contributed by atoms with van der Waals surface area (Å²) in [6, 6.07) is 11.2. The van der Waals surface area contributed by atoms with Crippen molar-refractivity contribution in [1.82, 2.24) is 10.3 Å². The number of pyridine rings is 1. The molecule has 0 saturated heterocycles. The molecule has 2 rings (SSSR count). The fourth-order valence-corrected chi connectivity index (χ4v) is 2.10. The van der Waals surface area contributed by atoms with Crippen molar-refractivity contribution in [3.8, 4) is 0 Å². The highest BCUT2D eigenvalue weighted by atomic mass is 14.9. The van der Waals surface area contributed by atoms with E-state index in [2.05, 4.69) is 48.4 Å². The van der Waals surface area contributed by atoms with Gasteiger partial charge in [0.1, 0.15) is 0 Å². The second-order valence-electron chi connectivity index (χ2n) is 4.53. The number of aromatic nitrogens is 1. The van der Waals surface area contributed by atoms with Gasteiger partial charge >= 0.3 is 0 Å². The molecule has 1 aromatic carbocycles. The summed E-state index contributed by atoms with van der Waals surface area (Å²) in [5.41, 5.74) is 2.47. The summed E-state index contributed by atoms with van der Waals surface area (Å²) in [6.45, 7) is 5.43. The zero-order valence-corrected chi connectivity index (χ0v) is 10.6. The lowest BCUT2D eigenvalue weighted by molar-refractivity contribution is 0.531. The number of rotatable bonds is 5. The third-order valence-corrected chi connectivity index (χ3v) is 3.09. The molecule has 0 radical (unpaired) electrons. The van der Waals surface area contributed by atoms with E-state index in [1.165, 1.54) is 17.4 Å². The Balaban J connectivity index is 2.04. The van der Waals surface area contributed by atoms with Crippen molar-refractivity contribution in [3.05, 3.63) is 42.1 Å². The molecule has 1 heterocycles. The van der Waals surface area contributed by atoms with Gasteiger partial charge in [-0.1, -0.05) is 25.1 Å². The van der Waals surface area contributed by atoms with Gasteiger partial charge in [0.25, 0.3) is 0 Å². The second kappa shape index (κ2) is 5.78. The zero-order valence-electron chi connectivity index (χ0n) is 10.6. The van der Waals surface area contributed by atoms with Crippen LogP contribution in [0.4, 0.5) is 0 Å². The fraction of sp³-hybridized carbons (Fsp3) is 0.400. The highest BCUT2D eigenvalue weighted by molar-refractivity contribution is 5.78. The fourth-order valence-electron chi connectivity index (χ4n) is 2.10. The van der Waals surface area contributed by atoms with Crippen molar-refractivity contribution in [3.63, 3.8) is 0 Å². The maximum Gasteiger partial charge on any atom is 0.0704 e. The van der Waals surface area contributed by atoms with Crippen LogP contribution >= 0.6 is 0 Å². The van der Waals surface area contributed by atoms with E-state index >= 15 is 0 Å². The molecule has 0 saturated carbocycles. The van der Waals surface area contributed by atoms with Gasteiger partial charge in [-0.25, -0.2) is 0 Å². The van der Waals surface area contributed by atoms with Gasteiger partial charge < -0.3 is 5.32 Å². The summed E-state index contributed by atoms with van der Waals surface area (Å²) in [5, 5.41) is 4.66. The highest BCUT2D eigenvalue weighted by Gasteiger charge is 2.02. The van der Waals surface area contributed by atoms with Gasteiger partial charge in [0.15, 0.2) is 0 Å². The van der Waals surface area contributed by atoms with E-state index in [4.69, 9.17) is 0 Å². The lowest BCUT2D eigenvalue weighted by Crippen LogP contribution is -2.25. The number of fused-ring (bicyclic) bond motifs is 1. The number of hydrogen-bond acceptors (Lipinski definition) is 2. The summed E-state index contributed by atoms with van der Waals surface area (Å²) < 4.78 is 0.